The maximum absolute atomic E-state index is 4.08. The largest absolute Gasteiger partial charge is 0.272 e. The average molecular weight is 262 g/mol. The summed E-state index contributed by atoms with van der Waals surface area (Å²) in [6.45, 7) is 2.07. The number of nitrogens with zero attached hydrogens (tertiary/aromatic N) is 4. The van der Waals surface area contributed by atoms with Crippen molar-refractivity contribution in [2.75, 3.05) is 0 Å². The van der Waals surface area contributed by atoms with Gasteiger partial charge in [0.15, 0.2) is 0 Å². The molecule has 3 aromatic rings. The molecule has 0 aliphatic carbocycles. The minimum atomic E-state index is 0. The van der Waals surface area contributed by atoms with Gasteiger partial charge in [-0.05, 0) is 12.5 Å². The average Bonchev–Trinajstić information content (AvgIpc) is 3.00. The number of hydrogen-bond acceptors (Lipinski definition) is 3. The first-order valence-electron chi connectivity index (χ1n) is 5.30. The van der Waals surface area contributed by atoms with Crippen molar-refractivity contribution in [2.24, 2.45) is 0 Å². The minimum Gasteiger partial charge on any atom is -0.272 e. The lowest BCUT2D eigenvalue weighted by Gasteiger charge is -2.03. The van der Waals surface area contributed by atoms with Gasteiger partial charge in [0.1, 0.15) is 18.5 Å². The third kappa shape index (κ3) is 2.12. The summed E-state index contributed by atoms with van der Waals surface area (Å²) in [7, 11) is 0. The predicted molar refractivity (Wildman–Crippen MR) is 70.9 cm³/mol. The van der Waals surface area contributed by atoms with E-state index in [9.17, 15) is 0 Å². The van der Waals surface area contributed by atoms with E-state index in [0.29, 0.717) is 0 Å². The number of halogens is 1. The van der Waals surface area contributed by atoms with Gasteiger partial charge in [-0.15, -0.1) is 22.6 Å². The van der Waals surface area contributed by atoms with E-state index in [1.54, 1.807) is 12.7 Å². The Balaban J connectivity index is 0.00000120. The number of H-pyrrole nitrogens is 1. The van der Waals surface area contributed by atoms with Gasteiger partial charge >= 0.3 is 0 Å². The SMILES string of the molecule is Cc1cccc(-c2cn[nH]c2-n2cnnc2)c1.Cl. The first-order chi connectivity index (χ1) is 8.34. The van der Waals surface area contributed by atoms with Crippen molar-refractivity contribution in [3.05, 3.63) is 48.7 Å². The first kappa shape index (κ1) is 12.3. The highest BCUT2D eigenvalue weighted by Crippen LogP contribution is 2.24. The Morgan fingerprint density at radius 1 is 1.17 bits per heavy atom. The molecule has 1 aromatic carbocycles. The van der Waals surface area contributed by atoms with Gasteiger partial charge in [0, 0.05) is 5.56 Å². The molecule has 0 unspecified atom stereocenters. The van der Waals surface area contributed by atoms with Crippen LogP contribution in [0.3, 0.4) is 0 Å². The summed E-state index contributed by atoms with van der Waals surface area (Å²) in [5, 5.41) is 14.6. The van der Waals surface area contributed by atoms with Crippen molar-refractivity contribution >= 4 is 12.4 Å². The topological polar surface area (TPSA) is 59.4 Å². The van der Waals surface area contributed by atoms with E-state index in [4.69, 9.17) is 0 Å². The first-order valence-corrected chi connectivity index (χ1v) is 5.30. The molecule has 6 heteroatoms. The standard InChI is InChI=1S/C12H11N5.ClH/c1-9-3-2-4-10(5-9)11-6-13-16-12(11)17-7-14-15-8-17;/h2-8H,1H3,(H,13,16);1H. The Kier molecular flexibility index (Phi) is 3.43. The lowest BCUT2D eigenvalue weighted by atomic mass is 10.1. The van der Waals surface area contributed by atoms with Crippen molar-refractivity contribution < 1.29 is 0 Å². The highest BCUT2D eigenvalue weighted by Gasteiger charge is 2.09. The van der Waals surface area contributed by atoms with Gasteiger partial charge in [0.2, 0.25) is 0 Å². The van der Waals surface area contributed by atoms with Gasteiger partial charge in [-0.2, -0.15) is 5.10 Å². The van der Waals surface area contributed by atoms with Crippen LogP contribution in [0.25, 0.3) is 16.9 Å². The van der Waals surface area contributed by atoms with Gasteiger partial charge in [0.05, 0.1) is 6.20 Å². The molecule has 3 rings (SSSR count). The van der Waals surface area contributed by atoms with Gasteiger partial charge in [0.25, 0.3) is 0 Å². The summed E-state index contributed by atoms with van der Waals surface area (Å²) in [5.74, 6) is 0.876. The molecule has 0 aliphatic rings. The van der Waals surface area contributed by atoms with Crippen LogP contribution < -0.4 is 0 Å². The van der Waals surface area contributed by atoms with Crippen molar-refractivity contribution in [1.29, 1.82) is 0 Å². The Morgan fingerprint density at radius 3 is 2.67 bits per heavy atom. The molecule has 2 heterocycles. The molecule has 2 aromatic heterocycles. The Hall–Kier alpha value is -2.14. The van der Waals surface area contributed by atoms with E-state index in [1.807, 2.05) is 16.8 Å². The summed E-state index contributed by atoms with van der Waals surface area (Å²) in [6, 6.07) is 8.29. The van der Waals surface area contributed by atoms with Crippen LogP contribution >= 0.6 is 12.4 Å². The summed E-state index contributed by atoms with van der Waals surface area (Å²) in [6.07, 6.45) is 5.10. The molecular formula is C12H12ClN5. The molecule has 1 N–H and O–H groups in total. The molecule has 0 bridgehead atoms. The molecule has 0 radical (unpaired) electrons. The summed E-state index contributed by atoms with van der Waals surface area (Å²) < 4.78 is 1.81. The molecule has 0 fully saturated rings. The van der Waals surface area contributed by atoms with Gasteiger partial charge in [-0.3, -0.25) is 9.67 Å². The van der Waals surface area contributed by atoms with E-state index in [0.717, 1.165) is 16.9 Å². The smallest absolute Gasteiger partial charge is 0.142 e. The van der Waals surface area contributed by atoms with Crippen LogP contribution in [-0.4, -0.2) is 25.0 Å². The number of aromatic amines is 1. The molecule has 0 saturated carbocycles. The molecule has 18 heavy (non-hydrogen) atoms. The van der Waals surface area contributed by atoms with E-state index in [1.165, 1.54) is 5.56 Å². The van der Waals surface area contributed by atoms with E-state index in [2.05, 4.69) is 45.5 Å². The monoisotopic (exact) mass is 261 g/mol. The second-order valence-corrected chi connectivity index (χ2v) is 3.87. The number of nitrogens with one attached hydrogen (secondary N) is 1. The van der Waals surface area contributed by atoms with E-state index >= 15 is 0 Å². The fourth-order valence-electron chi connectivity index (χ4n) is 1.82. The third-order valence-corrected chi connectivity index (χ3v) is 2.63. The lowest BCUT2D eigenvalue weighted by molar-refractivity contribution is 0.955. The van der Waals surface area contributed by atoms with Crippen LogP contribution in [0.1, 0.15) is 5.56 Å². The molecule has 0 saturated heterocycles. The fourth-order valence-corrected chi connectivity index (χ4v) is 1.82. The number of rotatable bonds is 2. The van der Waals surface area contributed by atoms with Crippen LogP contribution in [0.2, 0.25) is 0 Å². The molecule has 5 nitrogen and oxygen atoms in total. The third-order valence-electron chi connectivity index (χ3n) is 2.63. The van der Waals surface area contributed by atoms with Crippen LogP contribution in [0.4, 0.5) is 0 Å². The molecular weight excluding hydrogens is 250 g/mol. The second-order valence-electron chi connectivity index (χ2n) is 3.87. The lowest BCUT2D eigenvalue weighted by Crippen LogP contribution is -1.93. The Bertz CT molecular complexity index is 629. The van der Waals surface area contributed by atoms with Crippen molar-refractivity contribution in [1.82, 2.24) is 25.0 Å². The van der Waals surface area contributed by atoms with Crippen LogP contribution in [0.15, 0.2) is 43.1 Å². The quantitative estimate of drug-likeness (QED) is 0.771. The zero-order chi connectivity index (χ0) is 11.7. The van der Waals surface area contributed by atoms with Crippen LogP contribution in [-0.2, 0) is 0 Å². The van der Waals surface area contributed by atoms with E-state index in [-0.39, 0.29) is 12.4 Å². The van der Waals surface area contributed by atoms with Gasteiger partial charge in [-0.25, -0.2) is 0 Å². The zero-order valence-electron chi connectivity index (χ0n) is 9.74. The number of aromatic nitrogens is 5. The Morgan fingerprint density at radius 2 is 1.94 bits per heavy atom. The maximum Gasteiger partial charge on any atom is 0.142 e. The number of aryl methyl sites for hydroxylation is 1. The highest BCUT2D eigenvalue weighted by molar-refractivity contribution is 5.85. The summed E-state index contributed by atoms with van der Waals surface area (Å²) >= 11 is 0. The Labute approximate surface area is 110 Å². The van der Waals surface area contributed by atoms with Gasteiger partial charge < -0.3 is 0 Å². The van der Waals surface area contributed by atoms with Crippen LogP contribution in [0, 0.1) is 6.92 Å². The van der Waals surface area contributed by atoms with Crippen molar-refractivity contribution in [3.8, 4) is 16.9 Å². The second kappa shape index (κ2) is 5.01. The maximum atomic E-state index is 4.08. The number of benzene rings is 1. The minimum absolute atomic E-state index is 0. The zero-order valence-corrected chi connectivity index (χ0v) is 10.6. The van der Waals surface area contributed by atoms with Crippen LogP contribution in [0.5, 0.6) is 0 Å². The molecule has 0 aliphatic heterocycles. The summed E-state index contributed by atoms with van der Waals surface area (Å²) in [4.78, 5) is 0. The normalized spacial score (nSPS) is 10.1. The summed E-state index contributed by atoms with van der Waals surface area (Å²) in [5.41, 5.74) is 3.38. The highest BCUT2D eigenvalue weighted by atomic mass is 35.5. The van der Waals surface area contributed by atoms with Crippen molar-refractivity contribution in [2.45, 2.75) is 6.92 Å². The molecule has 0 amide bonds. The molecule has 0 atom stereocenters. The van der Waals surface area contributed by atoms with Crippen molar-refractivity contribution in [3.63, 3.8) is 0 Å². The molecule has 0 spiro atoms. The predicted octanol–water partition coefficient (Wildman–Crippen LogP) is 2.39. The number of hydrogen-bond donors (Lipinski definition) is 1. The van der Waals surface area contributed by atoms with Gasteiger partial charge in [-0.1, -0.05) is 29.8 Å². The fraction of sp³-hybridized carbons (Fsp3) is 0.0833. The van der Waals surface area contributed by atoms with E-state index < -0.39 is 0 Å². The molecule has 92 valence electrons.